The molecule has 0 unspecified atom stereocenters. The molecule has 24 heavy (non-hydrogen) atoms. The Labute approximate surface area is 138 Å². The van der Waals surface area contributed by atoms with E-state index in [2.05, 4.69) is 11.4 Å². The van der Waals surface area contributed by atoms with Crippen molar-refractivity contribution in [1.82, 2.24) is 5.32 Å². The van der Waals surface area contributed by atoms with Crippen LogP contribution in [-0.2, 0) is 9.53 Å². The Bertz CT molecular complexity index is 717. The highest BCUT2D eigenvalue weighted by atomic mass is 16.6. The summed E-state index contributed by atoms with van der Waals surface area (Å²) in [6.07, 6.45) is 2.88. The Morgan fingerprint density at radius 2 is 2.08 bits per heavy atom. The van der Waals surface area contributed by atoms with Crippen LogP contribution in [-0.4, -0.2) is 28.9 Å². The van der Waals surface area contributed by atoms with Crippen LogP contribution in [0.25, 0.3) is 0 Å². The molecule has 8 heteroatoms. The lowest BCUT2D eigenvalue weighted by Gasteiger charge is -2.21. The number of nitrogens with one attached hydrogen (secondary N) is 1. The SMILES string of the molecule is Cc1c(C(=O)OCC(=O)NC2(C#N)CCCC2)cccc1[N+](=O)[O-]. The number of rotatable bonds is 5. The maximum absolute atomic E-state index is 12.0. The second-order valence-electron chi connectivity index (χ2n) is 5.73. The number of hydrogen-bond donors (Lipinski definition) is 1. The maximum Gasteiger partial charge on any atom is 0.339 e. The Morgan fingerprint density at radius 1 is 1.42 bits per heavy atom. The fourth-order valence-corrected chi connectivity index (χ4v) is 2.80. The van der Waals surface area contributed by atoms with Crippen molar-refractivity contribution in [1.29, 1.82) is 5.26 Å². The summed E-state index contributed by atoms with van der Waals surface area (Å²) >= 11 is 0. The monoisotopic (exact) mass is 331 g/mol. The van der Waals surface area contributed by atoms with E-state index in [1.54, 1.807) is 0 Å². The van der Waals surface area contributed by atoms with E-state index in [4.69, 9.17) is 4.74 Å². The Balaban J connectivity index is 1.99. The van der Waals surface area contributed by atoms with Crippen molar-refractivity contribution in [2.45, 2.75) is 38.1 Å². The van der Waals surface area contributed by atoms with Crippen molar-refractivity contribution in [3.63, 3.8) is 0 Å². The predicted molar refractivity (Wildman–Crippen MR) is 83.1 cm³/mol. The van der Waals surface area contributed by atoms with Gasteiger partial charge in [-0.2, -0.15) is 5.26 Å². The van der Waals surface area contributed by atoms with E-state index in [1.165, 1.54) is 25.1 Å². The summed E-state index contributed by atoms with van der Waals surface area (Å²) in [5, 5.41) is 22.7. The molecule has 1 saturated carbocycles. The molecule has 1 amide bonds. The summed E-state index contributed by atoms with van der Waals surface area (Å²) in [6.45, 7) is 0.905. The third-order valence-electron chi connectivity index (χ3n) is 4.11. The number of nitro benzene ring substituents is 1. The second-order valence-corrected chi connectivity index (χ2v) is 5.73. The highest BCUT2D eigenvalue weighted by molar-refractivity contribution is 5.93. The van der Waals surface area contributed by atoms with Crippen LogP contribution in [0.15, 0.2) is 18.2 Å². The van der Waals surface area contributed by atoms with Gasteiger partial charge in [0.2, 0.25) is 0 Å². The number of carbonyl (C=O) groups excluding carboxylic acids is 2. The van der Waals surface area contributed by atoms with E-state index in [0.29, 0.717) is 12.8 Å². The Morgan fingerprint density at radius 3 is 2.67 bits per heavy atom. The minimum absolute atomic E-state index is 0.0351. The molecule has 1 fully saturated rings. The third-order valence-corrected chi connectivity index (χ3v) is 4.11. The van der Waals surface area contributed by atoms with E-state index in [1.807, 2.05) is 0 Å². The lowest BCUT2D eigenvalue weighted by molar-refractivity contribution is -0.385. The van der Waals surface area contributed by atoms with Crippen molar-refractivity contribution in [2.75, 3.05) is 6.61 Å². The number of benzene rings is 1. The van der Waals surface area contributed by atoms with E-state index in [-0.39, 0.29) is 16.8 Å². The molecule has 1 N–H and O–H groups in total. The van der Waals surface area contributed by atoms with Gasteiger partial charge in [-0.1, -0.05) is 6.07 Å². The molecule has 2 rings (SSSR count). The summed E-state index contributed by atoms with van der Waals surface area (Å²) in [6, 6.07) is 6.18. The molecule has 0 spiro atoms. The first kappa shape index (κ1) is 17.4. The van der Waals surface area contributed by atoms with Crippen molar-refractivity contribution in [3.8, 4) is 6.07 Å². The number of amides is 1. The lowest BCUT2D eigenvalue weighted by atomic mass is 10.00. The van der Waals surface area contributed by atoms with Crippen LogP contribution in [0.2, 0.25) is 0 Å². The van der Waals surface area contributed by atoms with Crippen LogP contribution in [0.5, 0.6) is 0 Å². The first-order valence-corrected chi connectivity index (χ1v) is 7.52. The zero-order valence-electron chi connectivity index (χ0n) is 13.2. The highest BCUT2D eigenvalue weighted by Gasteiger charge is 2.35. The molecule has 0 heterocycles. The van der Waals surface area contributed by atoms with E-state index in [0.717, 1.165) is 12.8 Å². The van der Waals surface area contributed by atoms with Crippen molar-refractivity contribution >= 4 is 17.6 Å². The van der Waals surface area contributed by atoms with Crippen molar-refractivity contribution in [3.05, 3.63) is 39.4 Å². The summed E-state index contributed by atoms with van der Waals surface area (Å²) in [5.74, 6) is -1.38. The summed E-state index contributed by atoms with van der Waals surface area (Å²) in [7, 11) is 0. The fraction of sp³-hybridized carbons (Fsp3) is 0.438. The van der Waals surface area contributed by atoms with Gasteiger partial charge in [0.1, 0.15) is 5.54 Å². The zero-order valence-corrected chi connectivity index (χ0v) is 13.2. The first-order chi connectivity index (χ1) is 11.4. The van der Waals surface area contributed by atoms with Gasteiger partial charge in [-0.25, -0.2) is 4.79 Å². The number of hydrogen-bond acceptors (Lipinski definition) is 6. The molecule has 1 aliphatic rings. The van der Waals surface area contributed by atoms with Crippen LogP contribution in [0.1, 0.15) is 41.6 Å². The van der Waals surface area contributed by atoms with Crippen LogP contribution < -0.4 is 5.32 Å². The summed E-state index contributed by atoms with van der Waals surface area (Å²) < 4.78 is 4.92. The molecule has 1 aliphatic carbocycles. The van der Waals surface area contributed by atoms with Crippen LogP contribution in [0.3, 0.4) is 0 Å². The molecule has 0 aromatic heterocycles. The smallest absolute Gasteiger partial charge is 0.339 e. The quantitative estimate of drug-likeness (QED) is 0.500. The summed E-state index contributed by atoms with van der Waals surface area (Å²) in [4.78, 5) is 34.2. The minimum atomic E-state index is -0.884. The van der Waals surface area contributed by atoms with Crippen molar-refractivity contribution < 1.29 is 19.2 Å². The average Bonchev–Trinajstić information content (AvgIpc) is 3.01. The second kappa shape index (κ2) is 7.08. The Kier molecular flexibility index (Phi) is 5.14. The largest absolute Gasteiger partial charge is 0.452 e. The van der Waals surface area contributed by atoms with Crippen LogP contribution in [0.4, 0.5) is 5.69 Å². The molecular weight excluding hydrogens is 314 g/mol. The fourth-order valence-electron chi connectivity index (χ4n) is 2.80. The highest BCUT2D eigenvalue weighted by Crippen LogP contribution is 2.28. The number of nitrogens with zero attached hydrogens (tertiary/aromatic N) is 2. The first-order valence-electron chi connectivity index (χ1n) is 7.52. The lowest BCUT2D eigenvalue weighted by Crippen LogP contribution is -2.46. The number of ether oxygens (including phenoxy) is 1. The van der Waals surface area contributed by atoms with Gasteiger partial charge in [0.15, 0.2) is 6.61 Å². The van der Waals surface area contributed by atoms with Gasteiger partial charge in [0.25, 0.3) is 11.6 Å². The maximum atomic E-state index is 12.0. The van der Waals surface area contributed by atoms with E-state index in [9.17, 15) is 25.0 Å². The molecule has 1 aromatic carbocycles. The van der Waals surface area contributed by atoms with Gasteiger partial charge < -0.3 is 10.1 Å². The number of nitriles is 1. The average molecular weight is 331 g/mol. The molecule has 126 valence electrons. The van der Waals surface area contributed by atoms with Gasteiger partial charge >= 0.3 is 5.97 Å². The van der Waals surface area contributed by atoms with Gasteiger partial charge in [0.05, 0.1) is 16.6 Å². The van der Waals surface area contributed by atoms with E-state index < -0.39 is 28.9 Å². The third kappa shape index (κ3) is 3.68. The molecular formula is C16H17N3O5. The van der Waals surface area contributed by atoms with Crippen molar-refractivity contribution in [2.24, 2.45) is 0 Å². The Hall–Kier alpha value is -2.95. The topological polar surface area (TPSA) is 122 Å². The zero-order chi connectivity index (χ0) is 17.7. The molecule has 0 bridgehead atoms. The molecule has 8 nitrogen and oxygen atoms in total. The number of carbonyl (C=O) groups is 2. The van der Waals surface area contributed by atoms with Gasteiger partial charge in [-0.15, -0.1) is 0 Å². The molecule has 0 radical (unpaired) electrons. The standard InChI is InChI=1S/C16H17N3O5/c1-11-12(5-4-6-13(11)19(22)23)15(21)24-9-14(20)18-16(10-17)7-2-3-8-16/h4-6H,2-3,7-9H2,1H3,(H,18,20). The van der Waals surface area contributed by atoms with Gasteiger partial charge in [-0.05, 0) is 38.7 Å². The summed E-state index contributed by atoms with van der Waals surface area (Å²) in [5.41, 5.74) is -0.862. The molecule has 0 aliphatic heterocycles. The van der Waals surface area contributed by atoms with Gasteiger partial charge in [-0.3, -0.25) is 14.9 Å². The van der Waals surface area contributed by atoms with E-state index >= 15 is 0 Å². The molecule has 0 saturated heterocycles. The van der Waals surface area contributed by atoms with Crippen LogP contribution in [0, 0.1) is 28.4 Å². The van der Waals surface area contributed by atoms with Crippen LogP contribution >= 0.6 is 0 Å². The molecule has 1 aromatic rings. The number of esters is 1. The predicted octanol–water partition coefficient (Wildman–Crippen LogP) is 2.01. The molecule has 0 atom stereocenters. The minimum Gasteiger partial charge on any atom is -0.452 e. The van der Waals surface area contributed by atoms with Gasteiger partial charge in [0, 0.05) is 11.6 Å². The normalized spacial score (nSPS) is 15.3. The number of nitro groups is 1.